The third-order valence-electron chi connectivity index (χ3n) is 2.76. The van der Waals surface area contributed by atoms with Gasteiger partial charge in [-0.05, 0) is 35.0 Å². The molecule has 3 aromatic heterocycles. The van der Waals surface area contributed by atoms with Crippen LogP contribution >= 0.6 is 15.9 Å². The van der Waals surface area contributed by atoms with E-state index in [2.05, 4.69) is 41.3 Å². The highest BCUT2D eigenvalue weighted by atomic mass is 79.9. The second kappa shape index (κ2) is 5.04. The largest absolute Gasteiger partial charge is 0.346 e. The number of hydrogen-bond donors (Lipinski definition) is 2. The number of carbonyl (C=O) groups excluding carboxylic acids is 1. The fraction of sp³-hybridized carbons (Fsp3) is 0.167. The summed E-state index contributed by atoms with van der Waals surface area (Å²) in [4.78, 5) is 23.3. The van der Waals surface area contributed by atoms with E-state index < -0.39 is 0 Å². The van der Waals surface area contributed by atoms with Gasteiger partial charge >= 0.3 is 0 Å². The number of nitrogens with one attached hydrogen (secondary N) is 2. The number of aromatic nitrogens is 5. The van der Waals surface area contributed by atoms with Gasteiger partial charge in [0.05, 0.1) is 24.0 Å². The summed E-state index contributed by atoms with van der Waals surface area (Å²) < 4.78 is 2.04. The number of amides is 1. The molecule has 0 fully saturated rings. The molecule has 0 aliphatic heterocycles. The van der Waals surface area contributed by atoms with Crippen molar-refractivity contribution in [3.05, 3.63) is 46.3 Å². The van der Waals surface area contributed by atoms with Crippen LogP contribution in [0, 0.1) is 6.92 Å². The zero-order valence-corrected chi connectivity index (χ0v) is 12.2. The number of pyridine rings is 1. The highest BCUT2D eigenvalue weighted by Crippen LogP contribution is 2.08. The van der Waals surface area contributed by atoms with Crippen LogP contribution in [0.25, 0.3) is 5.65 Å². The minimum atomic E-state index is -0.175. The SMILES string of the molecule is Cc1ncc(CNC(=O)c2ccc3nc(Br)nn3c2)[nH]1. The van der Waals surface area contributed by atoms with Crippen molar-refractivity contribution in [2.75, 3.05) is 0 Å². The van der Waals surface area contributed by atoms with Crippen molar-refractivity contribution < 1.29 is 4.79 Å². The van der Waals surface area contributed by atoms with Gasteiger partial charge in [0, 0.05) is 6.20 Å². The maximum absolute atomic E-state index is 12.1. The molecule has 0 aliphatic rings. The number of imidazole rings is 1. The van der Waals surface area contributed by atoms with E-state index in [0.29, 0.717) is 22.5 Å². The van der Waals surface area contributed by atoms with E-state index >= 15 is 0 Å². The molecule has 0 saturated heterocycles. The van der Waals surface area contributed by atoms with Gasteiger partial charge < -0.3 is 10.3 Å². The van der Waals surface area contributed by atoms with Crippen LogP contribution in [0.4, 0.5) is 0 Å². The van der Waals surface area contributed by atoms with Crippen LogP contribution in [0.2, 0.25) is 0 Å². The summed E-state index contributed by atoms with van der Waals surface area (Å²) in [5.74, 6) is 0.647. The van der Waals surface area contributed by atoms with Gasteiger partial charge in [-0.15, -0.1) is 5.10 Å². The Balaban J connectivity index is 1.74. The van der Waals surface area contributed by atoms with Crippen molar-refractivity contribution in [1.82, 2.24) is 29.9 Å². The molecule has 0 saturated carbocycles. The lowest BCUT2D eigenvalue weighted by molar-refractivity contribution is 0.0950. The molecule has 0 unspecified atom stereocenters. The number of hydrogen-bond acceptors (Lipinski definition) is 4. The van der Waals surface area contributed by atoms with E-state index in [1.807, 2.05) is 6.92 Å². The van der Waals surface area contributed by atoms with Crippen molar-refractivity contribution in [2.45, 2.75) is 13.5 Å². The van der Waals surface area contributed by atoms with E-state index in [9.17, 15) is 4.79 Å². The van der Waals surface area contributed by atoms with Crippen LogP contribution in [0.15, 0.2) is 29.3 Å². The van der Waals surface area contributed by atoms with E-state index in [1.54, 1.807) is 29.0 Å². The monoisotopic (exact) mass is 334 g/mol. The highest BCUT2D eigenvalue weighted by Gasteiger charge is 2.08. The second-order valence-corrected chi connectivity index (χ2v) is 4.99. The molecule has 3 aromatic rings. The summed E-state index contributed by atoms with van der Waals surface area (Å²) in [7, 11) is 0. The van der Waals surface area contributed by atoms with Gasteiger partial charge in [-0.1, -0.05) is 0 Å². The minimum Gasteiger partial charge on any atom is -0.346 e. The Bertz CT molecular complexity index is 777. The molecule has 3 rings (SSSR count). The van der Waals surface area contributed by atoms with Crippen LogP contribution in [-0.4, -0.2) is 30.5 Å². The molecule has 0 bridgehead atoms. The van der Waals surface area contributed by atoms with Gasteiger partial charge in [0.25, 0.3) is 5.91 Å². The first-order valence-corrected chi connectivity index (χ1v) is 6.72. The maximum Gasteiger partial charge on any atom is 0.253 e. The molecular weight excluding hydrogens is 324 g/mol. The number of aromatic amines is 1. The van der Waals surface area contributed by atoms with Crippen molar-refractivity contribution in [1.29, 1.82) is 0 Å². The van der Waals surface area contributed by atoms with Crippen molar-refractivity contribution >= 4 is 27.5 Å². The third kappa shape index (κ3) is 2.55. The lowest BCUT2D eigenvalue weighted by atomic mass is 10.2. The number of rotatable bonds is 3. The summed E-state index contributed by atoms with van der Waals surface area (Å²) in [5, 5.41) is 6.92. The van der Waals surface area contributed by atoms with E-state index in [1.165, 1.54) is 0 Å². The quantitative estimate of drug-likeness (QED) is 0.758. The minimum absolute atomic E-state index is 0.175. The van der Waals surface area contributed by atoms with Gasteiger partial charge in [0.15, 0.2) is 5.65 Å². The molecule has 0 aliphatic carbocycles. The molecular formula is C12H11BrN6O. The molecule has 0 spiro atoms. The second-order valence-electron chi connectivity index (χ2n) is 4.28. The van der Waals surface area contributed by atoms with Gasteiger partial charge in [0.2, 0.25) is 4.73 Å². The average molecular weight is 335 g/mol. The van der Waals surface area contributed by atoms with Gasteiger partial charge in [-0.2, -0.15) is 0 Å². The third-order valence-corrected chi connectivity index (χ3v) is 3.10. The Morgan fingerprint density at radius 3 is 3.10 bits per heavy atom. The summed E-state index contributed by atoms with van der Waals surface area (Å²) in [5.41, 5.74) is 2.06. The zero-order valence-electron chi connectivity index (χ0n) is 10.6. The van der Waals surface area contributed by atoms with E-state index in [-0.39, 0.29) is 5.91 Å². The topological polar surface area (TPSA) is 88.0 Å². The normalized spacial score (nSPS) is 10.9. The number of carbonyl (C=O) groups is 1. The number of H-pyrrole nitrogens is 1. The average Bonchev–Trinajstić information content (AvgIpc) is 2.99. The summed E-state index contributed by atoms with van der Waals surface area (Å²) >= 11 is 3.20. The number of nitrogens with zero attached hydrogens (tertiary/aromatic N) is 4. The predicted octanol–water partition coefficient (Wildman–Crippen LogP) is 1.45. The Morgan fingerprint density at radius 1 is 1.50 bits per heavy atom. The van der Waals surface area contributed by atoms with Crippen molar-refractivity contribution in [2.24, 2.45) is 0 Å². The molecule has 1 amide bonds. The molecule has 20 heavy (non-hydrogen) atoms. The first-order chi connectivity index (χ1) is 9.61. The van der Waals surface area contributed by atoms with Crippen LogP contribution < -0.4 is 5.32 Å². The van der Waals surface area contributed by atoms with Gasteiger partial charge in [-0.25, -0.2) is 14.5 Å². The summed E-state index contributed by atoms with van der Waals surface area (Å²) in [6.45, 7) is 2.26. The standard InChI is InChI=1S/C12H11BrN6O/c1-7-14-4-9(16-7)5-15-11(20)8-2-3-10-17-12(13)18-19(10)6-8/h2-4,6H,5H2,1H3,(H,14,16)(H,15,20). The molecule has 0 atom stereocenters. The zero-order chi connectivity index (χ0) is 14.1. The van der Waals surface area contributed by atoms with Crippen LogP contribution in [0.3, 0.4) is 0 Å². The Morgan fingerprint density at radius 2 is 2.35 bits per heavy atom. The first-order valence-electron chi connectivity index (χ1n) is 5.92. The molecule has 0 radical (unpaired) electrons. The summed E-state index contributed by atoms with van der Waals surface area (Å²) in [6, 6.07) is 3.46. The number of halogens is 1. The molecule has 0 aromatic carbocycles. The first kappa shape index (κ1) is 12.8. The van der Waals surface area contributed by atoms with Gasteiger partial charge in [-0.3, -0.25) is 4.79 Å². The van der Waals surface area contributed by atoms with Crippen molar-refractivity contribution in [3.63, 3.8) is 0 Å². The number of aryl methyl sites for hydroxylation is 1. The Kier molecular flexibility index (Phi) is 3.23. The van der Waals surface area contributed by atoms with Crippen molar-refractivity contribution in [3.8, 4) is 0 Å². The van der Waals surface area contributed by atoms with Gasteiger partial charge in [0.1, 0.15) is 5.82 Å². The molecule has 8 heteroatoms. The highest BCUT2D eigenvalue weighted by molar-refractivity contribution is 9.10. The lowest BCUT2D eigenvalue weighted by Crippen LogP contribution is -2.23. The fourth-order valence-electron chi connectivity index (χ4n) is 1.83. The lowest BCUT2D eigenvalue weighted by Gasteiger charge is -2.03. The summed E-state index contributed by atoms with van der Waals surface area (Å²) in [6.07, 6.45) is 3.34. The van der Waals surface area contributed by atoms with Crippen LogP contribution in [-0.2, 0) is 6.54 Å². The molecule has 3 heterocycles. The molecule has 7 nitrogen and oxygen atoms in total. The smallest absolute Gasteiger partial charge is 0.253 e. The van der Waals surface area contributed by atoms with Crippen LogP contribution in [0.5, 0.6) is 0 Å². The molecule has 102 valence electrons. The van der Waals surface area contributed by atoms with E-state index in [0.717, 1.165) is 11.5 Å². The maximum atomic E-state index is 12.1. The van der Waals surface area contributed by atoms with E-state index in [4.69, 9.17) is 0 Å². The Hall–Kier alpha value is -2.22. The fourth-order valence-corrected chi connectivity index (χ4v) is 2.18. The molecule has 2 N–H and O–H groups in total. The predicted molar refractivity (Wildman–Crippen MR) is 75.2 cm³/mol. The number of fused-ring (bicyclic) bond motifs is 1. The van der Waals surface area contributed by atoms with Crippen LogP contribution in [0.1, 0.15) is 21.9 Å². The Labute approximate surface area is 122 Å².